The highest BCUT2D eigenvalue weighted by Crippen LogP contribution is 2.27. The summed E-state index contributed by atoms with van der Waals surface area (Å²) in [6.07, 6.45) is 7.47. The van der Waals surface area contributed by atoms with Gasteiger partial charge in [0, 0.05) is 6.20 Å². The lowest BCUT2D eigenvalue weighted by Crippen LogP contribution is -1.99. The first-order valence-electron chi connectivity index (χ1n) is 7.73. The molecule has 0 amide bonds. The van der Waals surface area contributed by atoms with Crippen molar-refractivity contribution in [2.24, 2.45) is 4.99 Å². The van der Waals surface area contributed by atoms with E-state index in [1.165, 1.54) is 0 Å². The molecule has 24 heavy (non-hydrogen) atoms. The third-order valence-electron chi connectivity index (χ3n) is 3.59. The van der Waals surface area contributed by atoms with Crippen LogP contribution < -0.4 is 0 Å². The molecule has 0 aliphatic rings. The van der Waals surface area contributed by atoms with Gasteiger partial charge in [-0.15, -0.1) is 0 Å². The van der Waals surface area contributed by atoms with Crippen molar-refractivity contribution < 1.29 is 0 Å². The zero-order valence-electron chi connectivity index (χ0n) is 13.8. The lowest BCUT2D eigenvalue weighted by molar-refractivity contribution is 1.20. The number of benzene rings is 1. The van der Waals surface area contributed by atoms with E-state index < -0.39 is 0 Å². The molecule has 2 heterocycles. The third kappa shape index (κ3) is 3.13. The predicted octanol–water partition coefficient (Wildman–Crippen LogP) is 4.62. The number of nitrogens with zero attached hydrogens (tertiary/aromatic N) is 4. The van der Waals surface area contributed by atoms with Crippen molar-refractivity contribution in [2.75, 3.05) is 0 Å². The van der Waals surface area contributed by atoms with Crippen LogP contribution in [0.25, 0.3) is 28.1 Å². The van der Waals surface area contributed by atoms with E-state index >= 15 is 0 Å². The van der Waals surface area contributed by atoms with Crippen LogP contribution in [0.1, 0.15) is 18.2 Å². The molecule has 0 aliphatic carbocycles. The van der Waals surface area contributed by atoms with Crippen molar-refractivity contribution in [3.8, 4) is 11.4 Å². The molecule has 0 fully saturated rings. The Bertz CT molecular complexity index is 941. The third-order valence-corrected chi connectivity index (χ3v) is 3.59. The maximum atomic E-state index is 4.81. The second-order valence-corrected chi connectivity index (χ2v) is 5.36. The van der Waals surface area contributed by atoms with E-state index in [0.717, 1.165) is 22.3 Å². The summed E-state index contributed by atoms with van der Waals surface area (Å²) in [7, 11) is 0. The largest absolute Gasteiger partial charge is 0.262 e. The van der Waals surface area contributed by atoms with Crippen molar-refractivity contribution in [2.45, 2.75) is 13.8 Å². The first-order valence-corrected chi connectivity index (χ1v) is 7.73. The molecule has 0 aliphatic heterocycles. The van der Waals surface area contributed by atoms with Gasteiger partial charge in [-0.25, -0.2) is 9.97 Å². The van der Waals surface area contributed by atoms with Crippen LogP contribution in [0.3, 0.4) is 0 Å². The first-order chi connectivity index (χ1) is 11.7. The zero-order chi connectivity index (χ0) is 16.9. The van der Waals surface area contributed by atoms with Gasteiger partial charge >= 0.3 is 0 Å². The van der Waals surface area contributed by atoms with Gasteiger partial charge in [0.05, 0.1) is 22.4 Å². The molecule has 0 N–H and O–H groups in total. The molecule has 3 rings (SSSR count). The highest BCUT2D eigenvalue weighted by atomic mass is 14.9. The minimum atomic E-state index is 0.670. The molecular formula is C20H18N4. The lowest BCUT2D eigenvalue weighted by Gasteiger charge is -2.10. The number of hydrogen-bond donors (Lipinski definition) is 0. The fourth-order valence-electron chi connectivity index (χ4n) is 2.42. The number of aryl methyl sites for hydroxylation is 1. The van der Waals surface area contributed by atoms with Crippen molar-refractivity contribution in [3.63, 3.8) is 0 Å². The highest BCUT2D eigenvalue weighted by Gasteiger charge is 2.15. The van der Waals surface area contributed by atoms with Crippen LogP contribution in [0.15, 0.2) is 65.8 Å². The second-order valence-electron chi connectivity index (χ2n) is 5.36. The molecule has 0 saturated carbocycles. The molecule has 0 radical (unpaired) electrons. The Labute approximate surface area is 141 Å². The Hall–Kier alpha value is -3.14. The summed E-state index contributed by atoms with van der Waals surface area (Å²) < 4.78 is 0. The molecule has 0 spiro atoms. The Morgan fingerprint density at radius 1 is 1.12 bits per heavy atom. The van der Waals surface area contributed by atoms with Gasteiger partial charge in [-0.1, -0.05) is 24.3 Å². The van der Waals surface area contributed by atoms with Crippen LogP contribution in [0.2, 0.25) is 0 Å². The van der Waals surface area contributed by atoms with Crippen LogP contribution in [-0.4, -0.2) is 21.7 Å². The number of aromatic nitrogens is 3. The van der Waals surface area contributed by atoms with Crippen LogP contribution in [0.4, 0.5) is 0 Å². The van der Waals surface area contributed by atoms with Gasteiger partial charge in [-0.3, -0.25) is 9.98 Å². The predicted molar refractivity (Wildman–Crippen MR) is 99.8 cm³/mol. The molecule has 2 aromatic heterocycles. The van der Waals surface area contributed by atoms with E-state index in [-0.39, 0.29) is 0 Å². The Balaban J connectivity index is 2.32. The van der Waals surface area contributed by atoms with Crippen molar-refractivity contribution in [1.29, 1.82) is 0 Å². The van der Waals surface area contributed by atoms with E-state index in [0.29, 0.717) is 17.1 Å². The Morgan fingerprint density at radius 2 is 2.00 bits per heavy atom. The molecule has 4 nitrogen and oxygen atoms in total. The van der Waals surface area contributed by atoms with Gasteiger partial charge in [0.1, 0.15) is 11.4 Å². The maximum Gasteiger partial charge on any atom is 0.117 e. The SMILES string of the molecule is C=N/C(=C\C=C/C)c1nc2ccc(C)cc2nc1-c1ccccn1. The highest BCUT2D eigenvalue weighted by molar-refractivity contribution is 5.84. The molecule has 0 unspecified atom stereocenters. The van der Waals surface area contributed by atoms with Gasteiger partial charge in [-0.05, 0) is 56.5 Å². The second kappa shape index (κ2) is 6.96. The molecule has 0 saturated heterocycles. The Kier molecular flexibility index (Phi) is 4.57. The first kappa shape index (κ1) is 15.7. The summed E-state index contributed by atoms with van der Waals surface area (Å²) in [5.41, 5.74) is 5.62. The van der Waals surface area contributed by atoms with Gasteiger partial charge in [-0.2, -0.15) is 0 Å². The van der Waals surface area contributed by atoms with E-state index in [4.69, 9.17) is 9.97 Å². The van der Waals surface area contributed by atoms with E-state index in [9.17, 15) is 0 Å². The summed E-state index contributed by atoms with van der Waals surface area (Å²) in [5.74, 6) is 0. The summed E-state index contributed by atoms with van der Waals surface area (Å²) in [4.78, 5) is 18.1. The number of rotatable bonds is 4. The van der Waals surface area contributed by atoms with Crippen LogP contribution in [0, 0.1) is 6.92 Å². The summed E-state index contributed by atoms with van der Waals surface area (Å²) in [6.45, 7) is 7.67. The van der Waals surface area contributed by atoms with E-state index in [2.05, 4.69) is 16.7 Å². The fourth-order valence-corrected chi connectivity index (χ4v) is 2.42. The number of fused-ring (bicyclic) bond motifs is 1. The average molecular weight is 314 g/mol. The number of hydrogen-bond acceptors (Lipinski definition) is 4. The number of aliphatic imine (C=N–C) groups is 1. The van der Waals surface area contributed by atoms with E-state index in [1.807, 2.05) is 68.5 Å². The Morgan fingerprint density at radius 3 is 2.71 bits per heavy atom. The molecule has 3 aromatic rings. The number of allylic oxidation sites excluding steroid dienone is 3. The van der Waals surface area contributed by atoms with Gasteiger partial charge in [0.15, 0.2) is 0 Å². The smallest absolute Gasteiger partial charge is 0.117 e. The normalized spacial score (nSPS) is 12.0. The monoisotopic (exact) mass is 314 g/mol. The van der Waals surface area contributed by atoms with Crippen molar-refractivity contribution >= 4 is 23.4 Å². The topological polar surface area (TPSA) is 51.0 Å². The molecule has 4 heteroatoms. The molecule has 118 valence electrons. The molecule has 0 atom stereocenters. The van der Waals surface area contributed by atoms with E-state index in [1.54, 1.807) is 6.20 Å². The fraction of sp³-hybridized carbons (Fsp3) is 0.100. The van der Waals surface area contributed by atoms with Gasteiger partial charge in [0.25, 0.3) is 0 Å². The summed E-state index contributed by atoms with van der Waals surface area (Å²) in [5, 5.41) is 0. The van der Waals surface area contributed by atoms with Crippen molar-refractivity contribution in [1.82, 2.24) is 15.0 Å². The van der Waals surface area contributed by atoms with Gasteiger partial charge in [0.2, 0.25) is 0 Å². The van der Waals surface area contributed by atoms with Crippen LogP contribution in [0.5, 0.6) is 0 Å². The average Bonchev–Trinajstić information content (AvgIpc) is 2.62. The summed E-state index contributed by atoms with van der Waals surface area (Å²) >= 11 is 0. The summed E-state index contributed by atoms with van der Waals surface area (Å²) in [6, 6.07) is 11.8. The molecule has 0 bridgehead atoms. The number of pyridine rings is 1. The van der Waals surface area contributed by atoms with Crippen LogP contribution >= 0.6 is 0 Å². The minimum absolute atomic E-state index is 0.670. The van der Waals surface area contributed by atoms with Crippen LogP contribution in [-0.2, 0) is 0 Å². The molecular weight excluding hydrogens is 296 g/mol. The lowest BCUT2D eigenvalue weighted by atomic mass is 10.1. The van der Waals surface area contributed by atoms with Crippen molar-refractivity contribution in [3.05, 3.63) is 72.1 Å². The molecule has 1 aromatic carbocycles. The zero-order valence-corrected chi connectivity index (χ0v) is 13.8. The quantitative estimate of drug-likeness (QED) is 0.521. The minimum Gasteiger partial charge on any atom is -0.262 e. The maximum absolute atomic E-state index is 4.81. The van der Waals surface area contributed by atoms with Gasteiger partial charge < -0.3 is 0 Å². The standard InChI is InChI=1S/C20H18N4/c1-4-5-8-16(21-3)19-20(17-9-6-7-12-22-17)24-18-13-14(2)10-11-15(18)23-19/h4-13H,3H2,1-2H3/b5-4-,16-8-.